The second kappa shape index (κ2) is 10.4. The molecule has 3 aromatic carbocycles. The topological polar surface area (TPSA) is 100 Å². The van der Waals surface area contributed by atoms with Crippen molar-refractivity contribution in [2.75, 3.05) is 13.2 Å². The Bertz CT molecular complexity index is 1020. The van der Waals surface area contributed by atoms with Crippen molar-refractivity contribution in [3.63, 3.8) is 0 Å². The third-order valence-electron chi connectivity index (χ3n) is 4.01. The van der Waals surface area contributed by atoms with Gasteiger partial charge in [-0.25, -0.2) is 5.43 Å². The average molecular weight is 403 g/mol. The molecule has 0 unspecified atom stereocenters. The van der Waals surface area contributed by atoms with Gasteiger partial charge in [-0.05, 0) is 35.4 Å². The number of carbonyl (C=O) groups excluding carboxylic acids is 2. The van der Waals surface area contributed by atoms with Crippen LogP contribution in [0.25, 0.3) is 0 Å². The highest BCUT2D eigenvalue weighted by Crippen LogP contribution is 2.18. The van der Waals surface area contributed by atoms with E-state index in [0.29, 0.717) is 23.5 Å². The second-order valence-electron chi connectivity index (χ2n) is 6.11. The van der Waals surface area contributed by atoms with Gasteiger partial charge in [-0.15, -0.1) is 0 Å². The molecule has 0 atom stereocenters. The lowest BCUT2D eigenvalue weighted by Gasteiger charge is -2.11. The van der Waals surface area contributed by atoms with Gasteiger partial charge >= 0.3 is 0 Å². The Morgan fingerprint density at radius 3 is 2.27 bits per heavy atom. The number of nitrogens with zero attached hydrogens (tertiary/aromatic N) is 1. The first-order valence-electron chi connectivity index (χ1n) is 9.18. The first kappa shape index (κ1) is 20.6. The van der Waals surface area contributed by atoms with Gasteiger partial charge in [-0.1, -0.05) is 54.6 Å². The Morgan fingerprint density at radius 2 is 1.53 bits per heavy atom. The summed E-state index contributed by atoms with van der Waals surface area (Å²) in [4.78, 5) is 23.2. The largest absolute Gasteiger partial charge is 0.545 e. The molecule has 0 heterocycles. The highest BCUT2D eigenvalue weighted by atomic mass is 16.5. The molecule has 3 rings (SSSR count). The molecule has 0 aliphatic rings. The number of aromatic carboxylic acids is 1. The van der Waals surface area contributed by atoms with Crippen molar-refractivity contribution in [2.45, 2.75) is 0 Å². The maximum absolute atomic E-state index is 12.4. The van der Waals surface area contributed by atoms with Gasteiger partial charge in [0.05, 0.1) is 17.7 Å². The number of carboxylic acids is 1. The fraction of sp³-hybridized carbons (Fsp3) is 0.0870. The molecule has 0 saturated heterocycles. The fourth-order valence-corrected chi connectivity index (χ4v) is 2.54. The minimum Gasteiger partial charge on any atom is -0.545 e. The number of hydrogen-bond acceptors (Lipinski definition) is 6. The highest BCUT2D eigenvalue weighted by Gasteiger charge is 2.11. The smallest absolute Gasteiger partial charge is 0.275 e. The van der Waals surface area contributed by atoms with Crippen LogP contribution >= 0.6 is 0 Å². The van der Waals surface area contributed by atoms with E-state index in [1.165, 1.54) is 18.3 Å². The van der Waals surface area contributed by atoms with Crippen LogP contribution in [0.4, 0.5) is 0 Å². The molecule has 0 aliphatic carbocycles. The molecule has 0 aliphatic heterocycles. The Labute approximate surface area is 173 Å². The van der Waals surface area contributed by atoms with Gasteiger partial charge in [0, 0.05) is 0 Å². The molecule has 1 N–H and O–H groups in total. The molecule has 3 aromatic rings. The van der Waals surface area contributed by atoms with Gasteiger partial charge in [0.15, 0.2) is 0 Å². The molecule has 7 nitrogen and oxygen atoms in total. The van der Waals surface area contributed by atoms with E-state index in [1.807, 2.05) is 30.3 Å². The van der Waals surface area contributed by atoms with Crippen molar-refractivity contribution in [1.82, 2.24) is 5.43 Å². The number of carboxylic acid groups (broad SMARTS) is 1. The average Bonchev–Trinajstić information content (AvgIpc) is 2.78. The second-order valence-corrected chi connectivity index (χ2v) is 6.11. The maximum Gasteiger partial charge on any atom is 0.275 e. The normalized spacial score (nSPS) is 10.5. The van der Waals surface area contributed by atoms with Crippen molar-refractivity contribution in [3.8, 4) is 11.5 Å². The zero-order chi connectivity index (χ0) is 21.2. The lowest BCUT2D eigenvalue weighted by Crippen LogP contribution is -2.22. The van der Waals surface area contributed by atoms with Crippen LogP contribution in [-0.4, -0.2) is 31.3 Å². The third kappa shape index (κ3) is 5.93. The summed E-state index contributed by atoms with van der Waals surface area (Å²) < 4.78 is 11.3. The van der Waals surface area contributed by atoms with E-state index in [1.54, 1.807) is 36.4 Å². The van der Waals surface area contributed by atoms with Crippen LogP contribution in [0.2, 0.25) is 0 Å². The minimum absolute atomic E-state index is 0.0681. The number of benzene rings is 3. The van der Waals surface area contributed by atoms with Gasteiger partial charge in [-0.2, -0.15) is 5.10 Å². The van der Waals surface area contributed by atoms with Crippen LogP contribution in [0.3, 0.4) is 0 Å². The monoisotopic (exact) mass is 403 g/mol. The molecule has 0 bridgehead atoms. The Morgan fingerprint density at radius 1 is 0.867 bits per heavy atom. The summed E-state index contributed by atoms with van der Waals surface area (Å²) in [5.74, 6) is -0.524. The number of carbonyl (C=O) groups is 2. The molecular weight excluding hydrogens is 384 g/mol. The predicted octanol–water partition coefficient (Wildman–Crippen LogP) is 2.27. The number of para-hydroxylation sites is 2. The summed E-state index contributed by atoms with van der Waals surface area (Å²) in [6.45, 7) is 0.604. The van der Waals surface area contributed by atoms with Crippen LogP contribution in [0.5, 0.6) is 11.5 Å². The van der Waals surface area contributed by atoms with E-state index >= 15 is 0 Å². The summed E-state index contributed by atoms with van der Waals surface area (Å²) in [6.07, 6.45) is 1.41. The van der Waals surface area contributed by atoms with Crippen molar-refractivity contribution in [2.24, 2.45) is 5.10 Å². The number of nitrogens with one attached hydrogen (secondary N) is 1. The van der Waals surface area contributed by atoms with E-state index in [0.717, 1.165) is 5.75 Å². The molecule has 0 radical (unpaired) electrons. The Hall–Kier alpha value is -4.13. The van der Waals surface area contributed by atoms with E-state index in [9.17, 15) is 14.7 Å². The lowest BCUT2D eigenvalue weighted by molar-refractivity contribution is -0.255. The minimum atomic E-state index is -1.25. The van der Waals surface area contributed by atoms with Crippen molar-refractivity contribution < 1.29 is 24.2 Å². The quantitative estimate of drug-likeness (QED) is 0.336. The molecule has 152 valence electrons. The summed E-state index contributed by atoms with van der Waals surface area (Å²) in [6, 6.07) is 22.1. The van der Waals surface area contributed by atoms with Crippen molar-refractivity contribution in [1.29, 1.82) is 0 Å². The third-order valence-corrected chi connectivity index (χ3v) is 4.01. The van der Waals surface area contributed by atoms with Crippen LogP contribution in [0, 0.1) is 0 Å². The van der Waals surface area contributed by atoms with Gasteiger partial charge in [0.1, 0.15) is 24.7 Å². The number of amides is 1. The van der Waals surface area contributed by atoms with Crippen LogP contribution < -0.4 is 20.0 Å². The fourth-order valence-electron chi connectivity index (χ4n) is 2.54. The van der Waals surface area contributed by atoms with E-state index in [-0.39, 0.29) is 12.2 Å². The van der Waals surface area contributed by atoms with Crippen molar-refractivity contribution >= 4 is 18.1 Å². The van der Waals surface area contributed by atoms with Gasteiger partial charge < -0.3 is 19.4 Å². The first-order chi connectivity index (χ1) is 14.6. The SMILES string of the molecule is O=C([O-])c1ccc(/C=N\NC(=O)c2ccccc2OCCOc2ccccc2)cc1. The summed E-state index contributed by atoms with van der Waals surface area (Å²) in [7, 11) is 0. The maximum atomic E-state index is 12.4. The Balaban J connectivity index is 1.53. The number of hydrogen-bond donors (Lipinski definition) is 1. The Kier molecular flexibility index (Phi) is 7.16. The molecule has 30 heavy (non-hydrogen) atoms. The van der Waals surface area contributed by atoms with Gasteiger partial charge in [-0.3, -0.25) is 4.79 Å². The number of rotatable bonds is 9. The van der Waals surface area contributed by atoms with E-state index in [4.69, 9.17) is 9.47 Å². The molecule has 0 fully saturated rings. The van der Waals surface area contributed by atoms with E-state index in [2.05, 4.69) is 10.5 Å². The lowest BCUT2D eigenvalue weighted by atomic mass is 10.1. The molecule has 0 saturated carbocycles. The molecular formula is C23H19N2O5-. The summed E-state index contributed by atoms with van der Waals surface area (Å²) in [5.41, 5.74) is 3.46. The summed E-state index contributed by atoms with van der Waals surface area (Å²) in [5, 5.41) is 14.7. The standard InChI is InChI=1S/C23H20N2O5/c26-22(25-24-16-17-10-12-18(13-11-17)23(27)28)20-8-4-5-9-21(20)30-15-14-29-19-6-2-1-3-7-19/h1-13,16H,14-15H2,(H,25,26)(H,27,28)/p-1/b24-16-. The zero-order valence-electron chi connectivity index (χ0n) is 16.0. The highest BCUT2D eigenvalue weighted by molar-refractivity contribution is 5.97. The van der Waals surface area contributed by atoms with E-state index < -0.39 is 11.9 Å². The zero-order valence-corrected chi connectivity index (χ0v) is 16.0. The number of ether oxygens (including phenoxy) is 2. The molecule has 1 amide bonds. The van der Waals surface area contributed by atoms with Crippen LogP contribution in [0.15, 0.2) is 84.0 Å². The van der Waals surface area contributed by atoms with Crippen molar-refractivity contribution in [3.05, 3.63) is 95.6 Å². The first-order valence-corrected chi connectivity index (χ1v) is 9.18. The van der Waals surface area contributed by atoms with Gasteiger partial charge in [0.25, 0.3) is 5.91 Å². The predicted molar refractivity (Wildman–Crippen MR) is 110 cm³/mol. The molecule has 7 heteroatoms. The summed E-state index contributed by atoms with van der Waals surface area (Å²) >= 11 is 0. The van der Waals surface area contributed by atoms with Crippen LogP contribution in [-0.2, 0) is 0 Å². The molecule has 0 spiro atoms. The van der Waals surface area contributed by atoms with Crippen LogP contribution in [0.1, 0.15) is 26.3 Å². The number of hydrazone groups is 1. The molecule has 0 aromatic heterocycles. The van der Waals surface area contributed by atoms with Gasteiger partial charge in [0.2, 0.25) is 0 Å².